The van der Waals surface area contributed by atoms with Crippen LogP contribution in [0.2, 0.25) is 0 Å². The zero-order valence-corrected chi connectivity index (χ0v) is 6.71. The van der Waals surface area contributed by atoms with Crippen LogP contribution in [0.5, 0.6) is 0 Å². The third kappa shape index (κ3) is 2.38. The normalized spacial score (nSPS) is 12.9. The predicted molar refractivity (Wildman–Crippen MR) is 40.4 cm³/mol. The molecule has 0 atom stereocenters. The summed E-state index contributed by atoms with van der Waals surface area (Å²) in [5, 5.41) is 8.99. The van der Waals surface area contributed by atoms with Gasteiger partial charge in [0.25, 0.3) is 5.78 Å². The number of allylic oxidation sites excluding steroid dienone is 1. The summed E-state index contributed by atoms with van der Waals surface area (Å²) in [7, 11) is 0. The zero-order valence-electron chi connectivity index (χ0n) is 6.71. The van der Waals surface area contributed by atoms with E-state index in [0.717, 1.165) is 6.26 Å². The Morgan fingerprint density at radius 1 is 1.50 bits per heavy atom. The molecule has 1 rings (SSSR count). The molecule has 1 aromatic rings. The van der Waals surface area contributed by atoms with E-state index in [1.165, 1.54) is 12.1 Å². The summed E-state index contributed by atoms with van der Waals surface area (Å²) >= 11 is 0. The first-order valence-corrected chi connectivity index (χ1v) is 3.47. The molecule has 0 radical (unpaired) electrons. The first-order chi connectivity index (χ1) is 6.41. The summed E-state index contributed by atoms with van der Waals surface area (Å²) in [6.07, 6.45) is -3.75. The molecule has 14 heavy (non-hydrogen) atoms. The van der Waals surface area contributed by atoms with Crippen LogP contribution < -0.4 is 0 Å². The first-order valence-electron chi connectivity index (χ1n) is 3.47. The largest absolute Gasteiger partial charge is 0.504 e. The van der Waals surface area contributed by atoms with Gasteiger partial charge in [-0.15, -0.1) is 0 Å². The standard InChI is InChI=1S/C8H5F3O3/c9-8(10,11)7(13)4-5(12)6-2-1-3-14-6/h1-4,12H/b5-4+. The summed E-state index contributed by atoms with van der Waals surface area (Å²) in [6.45, 7) is 0. The van der Waals surface area contributed by atoms with E-state index in [2.05, 4.69) is 4.42 Å². The molecule has 76 valence electrons. The van der Waals surface area contributed by atoms with Crippen LogP contribution in [0.3, 0.4) is 0 Å². The summed E-state index contributed by atoms with van der Waals surface area (Å²) in [5.41, 5.74) is 0. The average molecular weight is 206 g/mol. The van der Waals surface area contributed by atoms with Crippen LogP contribution in [0.15, 0.2) is 28.9 Å². The lowest BCUT2D eigenvalue weighted by Crippen LogP contribution is -2.20. The van der Waals surface area contributed by atoms with Crippen molar-refractivity contribution in [3.8, 4) is 0 Å². The summed E-state index contributed by atoms with van der Waals surface area (Å²) < 4.78 is 39.7. The maximum absolute atomic E-state index is 11.7. The van der Waals surface area contributed by atoms with E-state index in [4.69, 9.17) is 5.11 Å². The van der Waals surface area contributed by atoms with Gasteiger partial charge in [0.05, 0.1) is 6.26 Å². The Kier molecular flexibility index (Phi) is 2.64. The van der Waals surface area contributed by atoms with Crippen molar-refractivity contribution in [1.29, 1.82) is 0 Å². The van der Waals surface area contributed by atoms with E-state index in [-0.39, 0.29) is 11.8 Å². The van der Waals surface area contributed by atoms with E-state index in [1.54, 1.807) is 0 Å². The number of hydrogen-bond donors (Lipinski definition) is 1. The number of aliphatic hydroxyl groups excluding tert-OH is 1. The van der Waals surface area contributed by atoms with Crippen molar-refractivity contribution >= 4 is 11.5 Å². The lowest BCUT2D eigenvalue weighted by Gasteiger charge is -2.00. The quantitative estimate of drug-likeness (QED) is 0.596. The minimum Gasteiger partial charge on any atom is -0.504 e. The molecule has 0 bridgehead atoms. The SMILES string of the molecule is O=C(/C=C(/O)c1ccco1)C(F)(F)F. The fraction of sp³-hybridized carbons (Fsp3) is 0.125. The molecule has 0 fully saturated rings. The van der Waals surface area contributed by atoms with Gasteiger partial charge >= 0.3 is 6.18 Å². The van der Waals surface area contributed by atoms with Crippen molar-refractivity contribution in [2.75, 3.05) is 0 Å². The third-order valence-electron chi connectivity index (χ3n) is 1.32. The molecule has 1 heterocycles. The topological polar surface area (TPSA) is 50.4 Å². The highest BCUT2D eigenvalue weighted by Gasteiger charge is 2.37. The summed E-state index contributed by atoms with van der Waals surface area (Å²) in [5.74, 6) is -3.17. The van der Waals surface area contributed by atoms with Crippen LogP contribution in [0.25, 0.3) is 5.76 Å². The Hall–Kier alpha value is -1.72. The number of hydrogen-bond acceptors (Lipinski definition) is 3. The summed E-state index contributed by atoms with van der Waals surface area (Å²) in [4.78, 5) is 10.4. The fourth-order valence-corrected chi connectivity index (χ4v) is 0.701. The maximum Gasteiger partial charge on any atom is 0.454 e. The fourth-order valence-electron chi connectivity index (χ4n) is 0.701. The molecule has 0 aliphatic heterocycles. The second-order valence-corrected chi connectivity index (χ2v) is 2.37. The highest BCUT2D eigenvalue weighted by atomic mass is 19.4. The van der Waals surface area contributed by atoms with Crippen molar-refractivity contribution in [3.05, 3.63) is 30.2 Å². The van der Waals surface area contributed by atoms with Gasteiger partial charge in [-0.1, -0.05) is 0 Å². The van der Waals surface area contributed by atoms with Crippen molar-refractivity contribution < 1.29 is 27.5 Å². The van der Waals surface area contributed by atoms with Crippen LogP contribution in [0, 0.1) is 0 Å². The number of carbonyl (C=O) groups excluding carboxylic acids is 1. The number of carbonyl (C=O) groups is 1. The molecule has 0 spiro atoms. The van der Waals surface area contributed by atoms with Crippen LogP contribution >= 0.6 is 0 Å². The van der Waals surface area contributed by atoms with Gasteiger partial charge in [-0.3, -0.25) is 4.79 Å². The smallest absolute Gasteiger partial charge is 0.454 e. The maximum atomic E-state index is 11.7. The second kappa shape index (κ2) is 3.57. The van der Waals surface area contributed by atoms with Crippen LogP contribution in [0.4, 0.5) is 13.2 Å². The minimum atomic E-state index is -4.99. The molecule has 0 aromatic carbocycles. The molecule has 1 aromatic heterocycles. The van der Waals surface area contributed by atoms with E-state index in [0.29, 0.717) is 0 Å². The molecule has 0 aliphatic carbocycles. The summed E-state index contributed by atoms with van der Waals surface area (Å²) in [6, 6.07) is 2.60. The Morgan fingerprint density at radius 2 is 2.14 bits per heavy atom. The number of aliphatic hydroxyl groups is 1. The Morgan fingerprint density at radius 3 is 2.57 bits per heavy atom. The van der Waals surface area contributed by atoms with Gasteiger partial charge in [0.15, 0.2) is 11.5 Å². The molecule has 3 nitrogen and oxygen atoms in total. The highest BCUT2D eigenvalue weighted by molar-refractivity contribution is 5.98. The lowest BCUT2D eigenvalue weighted by atomic mass is 10.3. The van der Waals surface area contributed by atoms with E-state index in [9.17, 15) is 18.0 Å². The highest BCUT2D eigenvalue weighted by Crippen LogP contribution is 2.19. The number of furan rings is 1. The monoisotopic (exact) mass is 206 g/mol. The Bertz CT molecular complexity index is 348. The van der Waals surface area contributed by atoms with Gasteiger partial charge in [-0.05, 0) is 12.1 Å². The van der Waals surface area contributed by atoms with Gasteiger partial charge in [0, 0.05) is 6.08 Å². The van der Waals surface area contributed by atoms with Crippen molar-refractivity contribution in [2.45, 2.75) is 6.18 Å². The number of ketones is 1. The molecule has 0 amide bonds. The van der Waals surface area contributed by atoms with Crippen LogP contribution in [-0.2, 0) is 4.79 Å². The minimum absolute atomic E-state index is 0.0683. The van der Waals surface area contributed by atoms with E-state index < -0.39 is 17.7 Å². The predicted octanol–water partition coefficient (Wildman–Crippen LogP) is 2.31. The molecule has 0 saturated heterocycles. The van der Waals surface area contributed by atoms with Crippen LogP contribution in [0.1, 0.15) is 5.76 Å². The van der Waals surface area contributed by atoms with Crippen molar-refractivity contribution in [3.63, 3.8) is 0 Å². The second-order valence-electron chi connectivity index (χ2n) is 2.37. The molecular formula is C8H5F3O3. The molecule has 0 unspecified atom stereocenters. The molecular weight excluding hydrogens is 201 g/mol. The molecule has 0 aliphatic rings. The molecule has 6 heteroatoms. The number of rotatable bonds is 2. The van der Waals surface area contributed by atoms with Crippen molar-refractivity contribution in [2.24, 2.45) is 0 Å². The van der Waals surface area contributed by atoms with Gasteiger partial charge < -0.3 is 9.52 Å². The number of halogens is 3. The Balaban J connectivity index is 2.85. The van der Waals surface area contributed by atoms with E-state index >= 15 is 0 Å². The molecule has 1 N–H and O–H groups in total. The van der Waals surface area contributed by atoms with Gasteiger partial charge in [0.2, 0.25) is 0 Å². The zero-order chi connectivity index (χ0) is 10.8. The lowest BCUT2D eigenvalue weighted by molar-refractivity contribution is -0.165. The van der Waals surface area contributed by atoms with Crippen molar-refractivity contribution in [1.82, 2.24) is 0 Å². The third-order valence-corrected chi connectivity index (χ3v) is 1.32. The average Bonchev–Trinajstić information content (AvgIpc) is 2.53. The molecule has 0 saturated carbocycles. The van der Waals surface area contributed by atoms with Crippen LogP contribution in [-0.4, -0.2) is 17.1 Å². The van der Waals surface area contributed by atoms with Gasteiger partial charge in [0.1, 0.15) is 0 Å². The van der Waals surface area contributed by atoms with Gasteiger partial charge in [-0.2, -0.15) is 13.2 Å². The van der Waals surface area contributed by atoms with Gasteiger partial charge in [-0.25, -0.2) is 0 Å². The number of alkyl halides is 3. The van der Waals surface area contributed by atoms with E-state index in [1.807, 2.05) is 0 Å². The Labute approximate surface area is 76.4 Å². The first kappa shape index (κ1) is 10.4.